The fourth-order valence-electron chi connectivity index (χ4n) is 0.778. The topological polar surface area (TPSA) is 0 Å². The third-order valence-electron chi connectivity index (χ3n) is 1.42. The fourth-order valence-corrected chi connectivity index (χ4v) is 1.40. The van der Waals surface area contributed by atoms with E-state index < -0.39 is 0 Å². The molecule has 0 saturated heterocycles. The summed E-state index contributed by atoms with van der Waals surface area (Å²) in [6.07, 6.45) is 1.88. The minimum atomic E-state index is -0.119. The molecule has 0 aliphatic heterocycles. The van der Waals surface area contributed by atoms with Crippen LogP contribution >= 0.6 is 38.5 Å². The van der Waals surface area contributed by atoms with Crippen molar-refractivity contribution in [2.24, 2.45) is 0 Å². The molecule has 58 valence electrons. The van der Waals surface area contributed by atoms with Crippen molar-refractivity contribution < 1.29 is 0 Å². The SMILES string of the molecule is C=CC(Br)(I)c1ccccc1. The summed E-state index contributed by atoms with van der Waals surface area (Å²) >= 11 is 5.86. The molecule has 1 aromatic carbocycles. The summed E-state index contributed by atoms with van der Waals surface area (Å²) in [5, 5.41) is 0. The third kappa shape index (κ3) is 2.30. The van der Waals surface area contributed by atoms with Crippen LogP contribution in [0.25, 0.3) is 0 Å². The first-order valence-electron chi connectivity index (χ1n) is 3.24. The number of rotatable bonds is 2. The average molecular weight is 323 g/mol. The molecule has 0 N–H and O–H groups in total. The van der Waals surface area contributed by atoms with E-state index in [0.717, 1.165) is 0 Å². The first kappa shape index (κ1) is 9.26. The van der Waals surface area contributed by atoms with Crippen LogP contribution in [0.5, 0.6) is 0 Å². The summed E-state index contributed by atoms with van der Waals surface area (Å²) in [6, 6.07) is 10.2. The maximum absolute atomic E-state index is 3.75. The van der Waals surface area contributed by atoms with Crippen LogP contribution in [0.2, 0.25) is 0 Å². The van der Waals surface area contributed by atoms with Gasteiger partial charge in [0.2, 0.25) is 0 Å². The molecule has 1 unspecified atom stereocenters. The molecule has 0 fully saturated rings. The van der Waals surface area contributed by atoms with Gasteiger partial charge in [-0.05, 0) is 5.56 Å². The zero-order valence-electron chi connectivity index (χ0n) is 5.93. The molecule has 0 spiro atoms. The van der Waals surface area contributed by atoms with Crippen molar-refractivity contribution in [3.63, 3.8) is 0 Å². The molecule has 2 heteroatoms. The lowest BCUT2D eigenvalue weighted by molar-refractivity contribution is 1.22. The third-order valence-corrected chi connectivity index (χ3v) is 3.26. The Morgan fingerprint density at radius 1 is 1.36 bits per heavy atom. The zero-order valence-corrected chi connectivity index (χ0v) is 9.67. The molecule has 11 heavy (non-hydrogen) atoms. The Bertz CT molecular complexity index is 241. The van der Waals surface area contributed by atoms with Gasteiger partial charge in [-0.2, -0.15) is 0 Å². The second-order valence-corrected chi connectivity index (χ2v) is 6.63. The van der Waals surface area contributed by atoms with E-state index in [0.29, 0.717) is 0 Å². The van der Waals surface area contributed by atoms with Crippen LogP contribution < -0.4 is 0 Å². The number of benzene rings is 1. The summed E-state index contributed by atoms with van der Waals surface area (Å²) in [6.45, 7) is 3.75. The summed E-state index contributed by atoms with van der Waals surface area (Å²) in [7, 11) is 0. The molecule has 0 saturated carbocycles. The van der Waals surface area contributed by atoms with Gasteiger partial charge >= 0.3 is 0 Å². The van der Waals surface area contributed by atoms with Crippen LogP contribution in [0.4, 0.5) is 0 Å². The predicted molar refractivity (Wildman–Crippen MR) is 61.3 cm³/mol. The minimum Gasteiger partial charge on any atom is -0.101 e. The standard InChI is InChI=1S/C9H8BrI/c1-2-9(10,11)8-6-4-3-5-7-8/h2-7H,1H2. The van der Waals surface area contributed by atoms with Gasteiger partial charge in [0.15, 0.2) is 0 Å². The Morgan fingerprint density at radius 2 is 1.91 bits per heavy atom. The van der Waals surface area contributed by atoms with Gasteiger partial charge in [0.05, 0.1) is 0 Å². The molecule has 0 aromatic heterocycles. The lowest BCUT2D eigenvalue weighted by Crippen LogP contribution is -2.02. The molecular formula is C9H8BrI. The van der Waals surface area contributed by atoms with Crippen molar-refractivity contribution in [1.29, 1.82) is 0 Å². The lowest BCUT2D eigenvalue weighted by atomic mass is 10.1. The van der Waals surface area contributed by atoms with Crippen LogP contribution in [0.15, 0.2) is 43.0 Å². The second kappa shape index (κ2) is 3.72. The predicted octanol–water partition coefficient (Wildman–Crippen LogP) is 3.86. The quantitative estimate of drug-likeness (QED) is 0.441. The van der Waals surface area contributed by atoms with Crippen molar-refractivity contribution in [2.45, 2.75) is 2.33 Å². The molecule has 0 bridgehead atoms. The normalized spacial score (nSPS) is 15.5. The smallest absolute Gasteiger partial charge is 0.101 e. The van der Waals surface area contributed by atoms with Gasteiger partial charge in [-0.3, -0.25) is 0 Å². The fraction of sp³-hybridized carbons (Fsp3) is 0.111. The van der Waals surface area contributed by atoms with Crippen molar-refractivity contribution in [1.82, 2.24) is 0 Å². The number of hydrogen-bond donors (Lipinski definition) is 0. The van der Waals surface area contributed by atoms with E-state index in [9.17, 15) is 0 Å². The van der Waals surface area contributed by atoms with Crippen LogP contribution in [0, 0.1) is 0 Å². The van der Waals surface area contributed by atoms with Crippen LogP contribution in [-0.2, 0) is 2.33 Å². The van der Waals surface area contributed by atoms with Crippen LogP contribution in [-0.4, -0.2) is 0 Å². The van der Waals surface area contributed by atoms with E-state index in [4.69, 9.17) is 0 Å². The average Bonchev–Trinajstić information content (AvgIpc) is 2.06. The highest BCUT2D eigenvalue weighted by Crippen LogP contribution is 2.39. The highest BCUT2D eigenvalue weighted by molar-refractivity contribution is 14.1. The van der Waals surface area contributed by atoms with E-state index in [1.165, 1.54) is 5.56 Å². The summed E-state index contributed by atoms with van der Waals surface area (Å²) in [5.41, 5.74) is 1.22. The number of alkyl halides is 2. The van der Waals surface area contributed by atoms with Gasteiger partial charge in [0.25, 0.3) is 0 Å². The van der Waals surface area contributed by atoms with E-state index in [2.05, 4.69) is 57.2 Å². The molecular weight excluding hydrogens is 315 g/mol. The Kier molecular flexibility index (Phi) is 3.13. The van der Waals surface area contributed by atoms with Crippen molar-refractivity contribution in [3.8, 4) is 0 Å². The first-order valence-corrected chi connectivity index (χ1v) is 5.11. The molecule has 0 aliphatic rings. The van der Waals surface area contributed by atoms with Crippen LogP contribution in [0.3, 0.4) is 0 Å². The van der Waals surface area contributed by atoms with Gasteiger partial charge in [0, 0.05) is 0 Å². The number of allylic oxidation sites excluding steroid dienone is 1. The molecule has 0 nitrogen and oxygen atoms in total. The molecule has 0 radical (unpaired) electrons. The largest absolute Gasteiger partial charge is 0.119 e. The Balaban J connectivity index is 3.02. The summed E-state index contributed by atoms with van der Waals surface area (Å²) in [5.74, 6) is 0. The monoisotopic (exact) mass is 322 g/mol. The maximum Gasteiger partial charge on any atom is 0.119 e. The summed E-state index contributed by atoms with van der Waals surface area (Å²) in [4.78, 5) is 0. The molecule has 1 aromatic rings. The minimum absolute atomic E-state index is 0.119. The van der Waals surface area contributed by atoms with Crippen LogP contribution in [0.1, 0.15) is 5.56 Å². The van der Waals surface area contributed by atoms with Crippen molar-refractivity contribution in [2.75, 3.05) is 0 Å². The van der Waals surface area contributed by atoms with Gasteiger partial charge in [-0.25, -0.2) is 0 Å². The highest BCUT2D eigenvalue weighted by Gasteiger charge is 2.19. The molecule has 0 aliphatic carbocycles. The Labute approximate surface area is 89.0 Å². The molecule has 0 amide bonds. The lowest BCUT2D eigenvalue weighted by Gasteiger charge is -2.14. The highest BCUT2D eigenvalue weighted by atomic mass is 127. The molecule has 1 rings (SSSR count). The number of hydrogen-bond acceptors (Lipinski definition) is 0. The number of halogens is 2. The van der Waals surface area contributed by atoms with Gasteiger partial charge < -0.3 is 0 Å². The van der Waals surface area contributed by atoms with E-state index in [1.807, 2.05) is 24.3 Å². The Morgan fingerprint density at radius 3 is 2.36 bits per heavy atom. The van der Waals surface area contributed by atoms with Crippen molar-refractivity contribution >= 4 is 38.5 Å². The van der Waals surface area contributed by atoms with Gasteiger partial charge in [0.1, 0.15) is 2.33 Å². The first-order chi connectivity index (χ1) is 5.17. The van der Waals surface area contributed by atoms with E-state index >= 15 is 0 Å². The van der Waals surface area contributed by atoms with E-state index in [-0.39, 0.29) is 2.33 Å². The molecule has 1 atom stereocenters. The summed E-state index contributed by atoms with van der Waals surface area (Å²) < 4.78 is -0.119. The van der Waals surface area contributed by atoms with Gasteiger partial charge in [-0.15, -0.1) is 6.58 Å². The second-order valence-electron chi connectivity index (χ2n) is 2.19. The maximum atomic E-state index is 3.75. The molecule has 0 heterocycles. The van der Waals surface area contributed by atoms with Gasteiger partial charge in [-0.1, -0.05) is 74.9 Å². The van der Waals surface area contributed by atoms with E-state index in [1.54, 1.807) is 0 Å². The zero-order chi connectivity index (χ0) is 8.32. The van der Waals surface area contributed by atoms with Crippen molar-refractivity contribution in [3.05, 3.63) is 48.6 Å². The Hall–Kier alpha value is 0.170.